The van der Waals surface area contributed by atoms with Gasteiger partial charge in [-0.2, -0.15) is 0 Å². The number of hydrogen-bond acceptors (Lipinski definition) is 6. The molecule has 1 aliphatic rings. The number of para-hydroxylation sites is 1. The minimum atomic E-state index is -0.505. The summed E-state index contributed by atoms with van der Waals surface area (Å²) in [5, 5.41) is 2.71. The number of aromatic nitrogens is 2. The quantitative estimate of drug-likeness (QED) is 0.723. The molecule has 3 N–H and O–H groups in total. The number of hydrogen-bond donors (Lipinski definition) is 2. The van der Waals surface area contributed by atoms with E-state index in [4.69, 9.17) is 15.2 Å². The molecule has 8 nitrogen and oxygen atoms in total. The smallest absolute Gasteiger partial charge is 0.407 e. The number of carbonyl (C=O) groups is 1. The van der Waals surface area contributed by atoms with Crippen molar-refractivity contribution in [2.24, 2.45) is 0 Å². The van der Waals surface area contributed by atoms with Crippen molar-refractivity contribution < 1.29 is 14.3 Å². The molecular weight excluding hydrogens is 370 g/mol. The number of carbonyl (C=O) groups excluding carboxylic acids is 1. The summed E-state index contributed by atoms with van der Waals surface area (Å²) in [6.45, 7) is 10.7. The number of morpholine rings is 1. The molecule has 0 saturated carbocycles. The molecule has 2 heterocycles. The van der Waals surface area contributed by atoms with Crippen LogP contribution >= 0.6 is 0 Å². The molecule has 158 valence electrons. The van der Waals surface area contributed by atoms with Gasteiger partial charge >= 0.3 is 6.09 Å². The number of fused-ring (bicyclic) bond motifs is 1. The first kappa shape index (κ1) is 21.1. The number of ether oxygens (including phenoxy) is 2. The molecule has 0 atom stereocenters. The lowest BCUT2D eigenvalue weighted by atomic mass is 10.1. The second-order valence-electron chi connectivity index (χ2n) is 8.11. The van der Waals surface area contributed by atoms with Crippen LogP contribution in [0.2, 0.25) is 0 Å². The molecular formula is C21H31N5O3. The predicted molar refractivity (Wildman–Crippen MR) is 114 cm³/mol. The Morgan fingerprint density at radius 3 is 2.79 bits per heavy atom. The Hall–Kier alpha value is -2.58. The Labute approximate surface area is 171 Å². The number of nitrogens with zero attached hydrogens (tertiary/aromatic N) is 3. The van der Waals surface area contributed by atoms with Gasteiger partial charge in [0.15, 0.2) is 0 Å². The van der Waals surface area contributed by atoms with Gasteiger partial charge in [-0.3, -0.25) is 4.90 Å². The first-order valence-corrected chi connectivity index (χ1v) is 9.99. The monoisotopic (exact) mass is 401 g/mol. The number of nitrogens with two attached hydrogens (primary N) is 1. The fraction of sp³-hybridized carbons (Fsp3) is 0.524. The number of benzene rings is 1. The van der Waals surface area contributed by atoms with Crippen LogP contribution in [0.4, 0.5) is 10.7 Å². The average Bonchev–Trinajstić information content (AvgIpc) is 2.97. The zero-order valence-corrected chi connectivity index (χ0v) is 17.5. The molecule has 1 aliphatic heterocycles. The largest absolute Gasteiger partial charge is 0.444 e. The van der Waals surface area contributed by atoms with E-state index < -0.39 is 11.7 Å². The van der Waals surface area contributed by atoms with Gasteiger partial charge in [-0.15, -0.1) is 0 Å². The molecule has 1 aromatic heterocycles. The van der Waals surface area contributed by atoms with Crippen LogP contribution in [0.1, 0.15) is 26.3 Å². The van der Waals surface area contributed by atoms with Crippen molar-refractivity contribution >= 4 is 23.1 Å². The molecule has 0 aliphatic carbocycles. The van der Waals surface area contributed by atoms with E-state index in [1.165, 1.54) is 5.56 Å². The van der Waals surface area contributed by atoms with E-state index in [9.17, 15) is 4.79 Å². The van der Waals surface area contributed by atoms with Crippen molar-refractivity contribution in [1.82, 2.24) is 19.8 Å². The minimum absolute atomic E-state index is 0.391. The van der Waals surface area contributed by atoms with Crippen molar-refractivity contribution in [3.8, 4) is 0 Å². The highest BCUT2D eigenvalue weighted by molar-refractivity contribution is 5.81. The number of anilines is 1. The lowest BCUT2D eigenvalue weighted by Gasteiger charge is -2.27. The third kappa shape index (κ3) is 5.95. The Bertz CT molecular complexity index is 863. The molecule has 3 rings (SSSR count). The summed E-state index contributed by atoms with van der Waals surface area (Å²) in [6.07, 6.45) is 3.43. The SMILES string of the molecule is CC(C)(C)OC(=O)NC/C=C/Cn1c(N)nc2cccc(CN3CCOCC3)c21. The molecule has 0 unspecified atom stereocenters. The third-order valence-electron chi connectivity index (χ3n) is 4.60. The standard InChI is InChI=1S/C21H31N5O3/c1-21(2,3)29-20(27)23-9-4-5-10-26-18-16(15-25-11-13-28-14-12-25)7-6-8-17(18)24-19(26)22/h4-8H,9-15H2,1-3H3,(H2,22,24)(H,23,27)/b5-4+. The Balaban J connectivity index is 1.65. The van der Waals surface area contributed by atoms with Gasteiger partial charge in [-0.05, 0) is 32.4 Å². The molecule has 8 heteroatoms. The van der Waals surface area contributed by atoms with Crippen molar-refractivity contribution in [2.75, 3.05) is 38.6 Å². The van der Waals surface area contributed by atoms with Crippen LogP contribution in [0, 0.1) is 0 Å². The molecule has 1 amide bonds. The minimum Gasteiger partial charge on any atom is -0.444 e. The number of imidazole rings is 1. The highest BCUT2D eigenvalue weighted by Crippen LogP contribution is 2.23. The van der Waals surface area contributed by atoms with Gasteiger partial charge in [0.1, 0.15) is 5.60 Å². The first-order valence-electron chi connectivity index (χ1n) is 9.99. The predicted octanol–water partition coefficient (Wildman–Crippen LogP) is 2.53. The van der Waals surface area contributed by atoms with Gasteiger partial charge in [0.2, 0.25) is 5.95 Å². The van der Waals surface area contributed by atoms with Crippen LogP contribution in [0.3, 0.4) is 0 Å². The van der Waals surface area contributed by atoms with Crippen LogP contribution in [0.5, 0.6) is 0 Å². The maximum atomic E-state index is 11.7. The summed E-state index contributed by atoms with van der Waals surface area (Å²) in [6, 6.07) is 6.14. The molecule has 0 radical (unpaired) electrons. The second-order valence-corrected chi connectivity index (χ2v) is 8.11. The van der Waals surface area contributed by atoms with Gasteiger partial charge in [0, 0.05) is 32.7 Å². The Morgan fingerprint density at radius 1 is 1.31 bits per heavy atom. The van der Waals surface area contributed by atoms with Gasteiger partial charge in [-0.25, -0.2) is 9.78 Å². The van der Waals surface area contributed by atoms with E-state index in [0.29, 0.717) is 19.0 Å². The van der Waals surface area contributed by atoms with E-state index in [2.05, 4.69) is 21.3 Å². The number of alkyl carbamates (subject to hydrolysis) is 1. The Kier molecular flexibility index (Phi) is 6.76. The van der Waals surface area contributed by atoms with Crippen LogP contribution < -0.4 is 11.1 Å². The molecule has 1 fully saturated rings. The van der Waals surface area contributed by atoms with E-state index in [0.717, 1.165) is 43.9 Å². The molecule has 29 heavy (non-hydrogen) atoms. The highest BCUT2D eigenvalue weighted by atomic mass is 16.6. The highest BCUT2D eigenvalue weighted by Gasteiger charge is 2.16. The van der Waals surface area contributed by atoms with Crippen molar-refractivity contribution in [2.45, 2.75) is 39.5 Å². The number of rotatable bonds is 6. The van der Waals surface area contributed by atoms with Crippen LogP contribution in [-0.4, -0.2) is 59.0 Å². The number of allylic oxidation sites excluding steroid dienone is 1. The van der Waals surface area contributed by atoms with E-state index in [1.54, 1.807) is 0 Å². The summed E-state index contributed by atoms with van der Waals surface area (Å²) >= 11 is 0. The van der Waals surface area contributed by atoms with Gasteiger partial charge in [0.05, 0.1) is 24.2 Å². The molecule has 1 aromatic carbocycles. The fourth-order valence-corrected chi connectivity index (χ4v) is 3.31. The average molecular weight is 402 g/mol. The zero-order chi connectivity index (χ0) is 20.9. The van der Waals surface area contributed by atoms with Gasteiger partial charge < -0.3 is 25.1 Å². The molecule has 0 bridgehead atoms. The van der Waals surface area contributed by atoms with Crippen molar-refractivity contribution in [3.05, 3.63) is 35.9 Å². The summed E-state index contributed by atoms with van der Waals surface area (Å²) in [7, 11) is 0. The summed E-state index contributed by atoms with van der Waals surface area (Å²) in [5.74, 6) is 0.485. The maximum absolute atomic E-state index is 11.7. The topological polar surface area (TPSA) is 94.6 Å². The second kappa shape index (κ2) is 9.28. The number of amides is 1. The molecule has 2 aromatic rings. The van der Waals surface area contributed by atoms with Crippen LogP contribution in [0.25, 0.3) is 11.0 Å². The van der Waals surface area contributed by atoms with Gasteiger partial charge in [-0.1, -0.05) is 24.3 Å². The number of nitrogen functional groups attached to an aromatic ring is 1. The lowest BCUT2D eigenvalue weighted by Crippen LogP contribution is -2.35. The van der Waals surface area contributed by atoms with Gasteiger partial charge in [0.25, 0.3) is 0 Å². The summed E-state index contributed by atoms with van der Waals surface area (Å²) < 4.78 is 12.7. The molecule has 1 saturated heterocycles. The van der Waals surface area contributed by atoms with E-state index in [1.807, 2.05) is 49.6 Å². The Morgan fingerprint density at radius 2 is 2.07 bits per heavy atom. The van der Waals surface area contributed by atoms with Crippen LogP contribution in [0.15, 0.2) is 30.4 Å². The number of nitrogens with one attached hydrogen (secondary N) is 1. The fourth-order valence-electron chi connectivity index (χ4n) is 3.31. The lowest BCUT2D eigenvalue weighted by molar-refractivity contribution is 0.0343. The first-order chi connectivity index (χ1) is 13.8. The van der Waals surface area contributed by atoms with E-state index >= 15 is 0 Å². The third-order valence-corrected chi connectivity index (χ3v) is 4.60. The zero-order valence-electron chi connectivity index (χ0n) is 17.5. The van der Waals surface area contributed by atoms with Crippen LogP contribution in [-0.2, 0) is 22.6 Å². The maximum Gasteiger partial charge on any atom is 0.407 e. The van der Waals surface area contributed by atoms with E-state index in [-0.39, 0.29) is 0 Å². The summed E-state index contributed by atoms with van der Waals surface area (Å²) in [4.78, 5) is 18.6. The van der Waals surface area contributed by atoms with Crippen molar-refractivity contribution in [1.29, 1.82) is 0 Å². The van der Waals surface area contributed by atoms with Crippen molar-refractivity contribution in [3.63, 3.8) is 0 Å². The molecule has 0 spiro atoms. The normalized spacial score (nSPS) is 15.8. The summed E-state index contributed by atoms with van der Waals surface area (Å²) in [5.41, 5.74) is 8.83.